The number of aliphatic hydroxyl groups is 1. The number of nitrogens with zero attached hydrogens (tertiary/aromatic N) is 1. The van der Waals surface area contributed by atoms with Crippen LogP contribution in [0.25, 0.3) is 0 Å². The summed E-state index contributed by atoms with van der Waals surface area (Å²) >= 11 is 0. The summed E-state index contributed by atoms with van der Waals surface area (Å²) < 4.78 is 5.81. The van der Waals surface area contributed by atoms with Crippen molar-refractivity contribution in [2.75, 3.05) is 19.6 Å². The molecule has 3 aliphatic heterocycles. The van der Waals surface area contributed by atoms with Crippen molar-refractivity contribution in [3.05, 3.63) is 35.9 Å². The van der Waals surface area contributed by atoms with Crippen LogP contribution >= 0.6 is 0 Å². The lowest BCUT2D eigenvalue weighted by Crippen LogP contribution is -2.53. The van der Waals surface area contributed by atoms with Crippen LogP contribution in [0.1, 0.15) is 44.6 Å². The van der Waals surface area contributed by atoms with Gasteiger partial charge in [-0.15, -0.1) is 0 Å². The lowest BCUT2D eigenvalue weighted by molar-refractivity contribution is -0.182. The molecule has 4 heteroatoms. The Morgan fingerprint density at radius 1 is 1.30 bits per heavy atom. The predicted molar refractivity (Wildman–Crippen MR) is 88.9 cm³/mol. The lowest BCUT2D eigenvalue weighted by Gasteiger charge is -2.44. The van der Waals surface area contributed by atoms with E-state index in [4.69, 9.17) is 4.74 Å². The number of carbonyl (C=O) groups is 1. The molecule has 1 aromatic rings. The molecule has 1 N–H and O–H groups in total. The average Bonchev–Trinajstić information content (AvgIpc) is 2.61. The largest absolute Gasteiger partial charge is 0.458 e. The topological polar surface area (TPSA) is 49.8 Å². The van der Waals surface area contributed by atoms with E-state index in [1.165, 1.54) is 0 Å². The number of carbonyl (C=O) groups excluding carboxylic acids is 1. The molecule has 4 nitrogen and oxygen atoms in total. The second-order valence-electron chi connectivity index (χ2n) is 6.91. The van der Waals surface area contributed by atoms with Crippen LogP contribution in [0.3, 0.4) is 0 Å². The van der Waals surface area contributed by atoms with Crippen LogP contribution in [0.15, 0.2) is 30.3 Å². The first-order valence-electron chi connectivity index (χ1n) is 8.85. The average molecular weight is 317 g/mol. The summed E-state index contributed by atoms with van der Waals surface area (Å²) in [7, 11) is 0. The van der Waals surface area contributed by atoms with Crippen LogP contribution in [0.5, 0.6) is 0 Å². The number of unbranched alkanes of at least 4 members (excludes halogenated alkanes) is 1. The van der Waals surface area contributed by atoms with E-state index in [1.807, 2.05) is 30.3 Å². The maximum Gasteiger partial charge on any atom is 0.343 e. The molecule has 1 aromatic carbocycles. The Kier molecular flexibility index (Phi) is 5.02. The minimum atomic E-state index is -1.52. The molecule has 126 valence electrons. The maximum absolute atomic E-state index is 12.8. The second kappa shape index (κ2) is 7.02. The van der Waals surface area contributed by atoms with E-state index in [9.17, 15) is 9.90 Å². The number of fused-ring (bicyclic) bond motifs is 3. The maximum atomic E-state index is 12.8. The number of ether oxygens (including phenoxy) is 1. The van der Waals surface area contributed by atoms with Crippen LogP contribution in [-0.4, -0.2) is 41.7 Å². The molecule has 0 unspecified atom stereocenters. The first-order valence-corrected chi connectivity index (χ1v) is 8.85. The van der Waals surface area contributed by atoms with Crippen LogP contribution in [0, 0.1) is 5.92 Å². The third-order valence-electron chi connectivity index (χ3n) is 5.34. The third kappa shape index (κ3) is 3.43. The van der Waals surface area contributed by atoms with E-state index in [0.717, 1.165) is 45.3 Å². The van der Waals surface area contributed by atoms with E-state index in [2.05, 4.69) is 11.8 Å². The molecule has 0 saturated carbocycles. The van der Waals surface area contributed by atoms with Gasteiger partial charge in [0, 0.05) is 6.54 Å². The Bertz CT molecular complexity index is 525. The first-order chi connectivity index (χ1) is 11.1. The molecule has 0 aliphatic carbocycles. The van der Waals surface area contributed by atoms with E-state index >= 15 is 0 Å². The minimum Gasteiger partial charge on any atom is -0.458 e. The Morgan fingerprint density at radius 3 is 2.57 bits per heavy atom. The standard InChI is InChI=1S/C19H27NO3/c1-2-3-11-19(22,16-7-5-4-6-8-16)18(21)23-17-14-20-12-9-15(17)10-13-20/h4-8,15,17,22H,2-3,9-14H2,1H3/t17-,19+/m1/s1. The molecule has 2 bridgehead atoms. The van der Waals surface area contributed by atoms with Gasteiger partial charge in [0.15, 0.2) is 5.60 Å². The number of hydrogen-bond donors (Lipinski definition) is 1. The fourth-order valence-corrected chi connectivity index (χ4v) is 3.79. The van der Waals surface area contributed by atoms with Crippen molar-refractivity contribution >= 4 is 5.97 Å². The zero-order valence-electron chi connectivity index (χ0n) is 13.9. The summed E-state index contributed by atoms with van der Waals surface area (Å²) in [5.74, 6) is -0.0222. The molecular formula is C19H27NO3. The minimum absolute atomic E-state index is 0.0677. The van der Waals surface area contributed by atoms with Crippen molar-refractivity contribution in [3.63, 3.8) is 0 Å². The smallest absolute Gasteiger partial charge is 0.343 e. The molecule has 3 saturated heterocycles. The predicted octanol–water partition coefficient (Wildman–Crippen LogP) is 2.70. The number of esters is 1. The molecule has 3 fully saturated rings. The van der Waals surface area contributed by atoms with Crippen LogP contribution < -0.4 is 0 Å². The molecule has 0 aromatic heterocycles. The van der Waals surface area contributed by atoms with Gasteiger partial charge in [-0.05, 0) is 50.3 Å². The van der Waals surface area contributed by atoms with Crippen molar-refractivity contribution in [2.24, 2.45) is 5.92 Å². The van der Waals surface area contributed by atoms with Gasteiger partial charge >= 0.3 is 5.97 Å². The zero-order valence-corrected chi connectivity index (χ0v) is 13.9. The number of benzene rings is 1. The Labute approximate surface area is 138 Å². The van der Waals surface area contributed by atoms with Gasteiger partial charge in [-0.1, -0.05) is 43.7 Å². The molecule has 0 radical (unpaired) electrons. The molecular weight excluding hydrogens is 290 g/mol. The third-order valence-corrected chi connectivity index (χ3v) is 5.34. The summed E-state index contributed by atoms with van der Waals surface area (Å²) in [6.45, 7) is 5.09. The van der Waals surface area contributed by atoms with Crippen molar-refractivity contribution < 1.29 is 14.6 Å². The van der Waals surface area contributed by atoms with Crippen molar-refractivity contribution in [1.29, 1.82) is 0 Å². The number of hydrogen-bond acceptors (Lipinski definition) is 4. The molecule has 23 heavy (non-hydrogen) atoms. The quantitative estimate of drug-likeness (QED) is 0.820. The summed E-state index contributed by atoms with van der Waals surface area (Å²) in [5.41, 5.74) is -0.886. The molecule has 4 rings (SSSR count). The molecule has 3 aliphatic rings. The second-order valence-corrected chi connectivity index (χ2v) is 6.91. The summed E-state index contributed by atoms with van der Waals surface area (Å²) in [4.78, 5) is 15.2. The fourth-order valence-electron chi connectivity index (χ4n) is 3.79. The van der Waals surface area contributed by atoms with E-state index in [-0.39, 0.29) is 6.10 Å². The summed E-state index contributed by atoms with van der Waals surface area (Å²) in [5, 5.41) is 11.1. The fraction of sp³-hybridized carbons (Fsp3) is 0.632. The Balaban J connectivity index is 1.75. The van der Waals surface area contributed by atoms with Gasteiger partial charge < -0.3 is 9.84 Å². The van der Waals surface area contributed by atoms with Gasteiger partial charge in [0.2, 0.25) is 0 Å². The molecule has 2 atom stereocenters. The number of piperidine rings is 3. The highest BCUT2D eigenvalue weighted by atomic mass is 16.6. The van der Waals surface area contributed by atoms with Gasteiger partial charge in [-0.3, -0.25) is 4.90 Å². The first kappa shape index (κ1) is 16.5. The van der Waals surface area contributed by atoms with Gasteiger partial charge in [-0.25, -0.2) is 4.79 Å². The normalized spacial score (nSPS) is 29.0. The SMILES string of the molecule is CCCC[C@@](O)(C(=O)O[C@@H]1CN2CCC1CC2)c1ccccc1. The summed E-state index contributed by atoms with van der Waals surface area (Å²) in [6.07, 6.45) is 4.26. The zero-order chi connectivity index (χ0) is 16.3. The van der Waals surface area contributed by atoms with Crippen LogP contribution in [-0.2, 0) is 15.1 Å². The van der Waals surface area contributed by atoms with Gasteiger partial charge in [-0.2, -0.15) is 0 Å². The van der Waals surface area contributed by atoms with Crippen molar-refractivity contribution in [1.82, 2.24) is 4.90 Å². The van der Waals surface area contributed by atoms with Crippen molar-refractivity contribution in [2.45, 2.75) is 50.7 Å². The van der Waals surface area contributed by atoms with E-state index in [1.54, 1.807) is 0 Å². The summed E-state index contributed by atoms with van der Waals surface area (Å²) in [6, 6.07) is 9.23. The highest BCUT2D eigenvalue weighted by Crippen LogP contribution is 2.34. The van der Waals surface area contributed by atoms with Crippen LogP contribution in [0.2, 0.25) is 0 Å². The molecule has 0 spiro atoms. The molecule has 3 heterocycles. The van der Waals surface area contributed by atoms with Gasteiger partial charge in [0.05, 0.1) is 0 Å². The number of rotatable bonds is 6. The monoisotopic (exact) mass is 317 g/mol. The van der Waals surface area contributed by atoms with Crippen molar-refractivity contribution in [3.8, 4) is 0 Å². The van der Waals surface area contributed by atoms with Gasteiger partial charge in [0.1, 0.15) is 6.10 Å². The highest BCUT2D eigenvalue weighted by molar-refractivity contribution is 5.81. The lowest BCUT2D eigenvalue weighted by atomic mass is 9.85. The Morgan fingerprint density at radius 2 is 2.00 bits per heavy atom. The Hall–Kier alpha value is -1.39. The highest BCUT2D eigenvalue weighted by Gasteiger charge is 2.43. The molecule has 0 amide bonds. The van der Waals surface area contributed by atoms with E-state index < -0.39 is 11.6 Å². The van der Waals surface area contributed by atoms with Crippen LogP contribution in [0.4, 0.5) is 0 Å². The van der Waals surface area contributed by atoms with Gasteiger partial charge in [0.25, 0.3) is 0 Å². The van der Waals surface area contributed by atoms with E-state index in [0.29, 0.717) is 17.9 Å².